The van der Waals surface area contributed by atoms with Gasteiger partial charge in [0.15, 0.2) is 0 Å². The SMILES string of the molecule is CC(=O)[C@@H]1CC[C@@H](n2cnnc2)C1. The van der Waals surface area contributed by atoms with Crippen LogP contribution in [0.4, 0.5) is 0 Å². The van der Waals surface area contributed by atoms with E-state index in [2.05, 4.69) is 10.2 Å². The molecule has 70 valence electrons. The van der Waals surface area contributed by atoms with Crippen LogP contribution in [0.5, 0.6) is 0 Å². The summed E-state index contributed by atoms with van der Waals surface area (Å²) in [7, 11) is 0. The van der Waals surface area contributed by atoms with Crippen LogP contribution in [-0.2, 0) is 4.79 Å². The van der Waals surface area contributed by atoms with E-state index in [-0.39, 0.29) is 5.92 Å². The van der Waals surface area contributed by atoms with E-state index in [0.717, 1.165) is 19.3 Å². The molecule has 1 aromatic heterocycles. The minimum absolute atomic E-state index is 0.257. The maximum atomic E-state index is 11.1. The highest BCUT2D eigenvalue weighted by atomic mass is 16.1. The van der Waals surface area contributed by atoms with Gasteiger partial charge in [-0.15, -0.1) is 10.2 Å². The lowest BCUT2D eigenvalue weighted by molar-refractivity contribution is -0.120. The summed E-state index contributed by atoms with van der Waals surface area (Å²) in [5.74, 6) is 0.572. The third kappa shape index (κ3) is 1.61. The lowest BCUT2D eigenvalue weighted by Crippen LogP contribution is -2.08. The molecule has 1 saturated carbocycles. The molecule has 0 spiro atoms. The average Bonchev–Trinajstić information content (AvgIpc) is 2.75. The van der Waals surface area contributed by atoms with Gasteiger partial charge in [0.2, 0.25) is 0 Å². The molecule has 0 unspecified atom stereocenters. The van der Waals surface area contributed by atoms with Crippen LogP contribution >= 0.6 is 0 Å². The Hall–Kier alpha value is -1.19. The van der Waals surface area contributed by atoms with Crippen molar-refractivity contribution >= 4 is 5.78 Å². The standard InChI is InChI=1S/C9H13N3O/c1-7(13)8-2-3-9(4-8)12-5-10-11-6-12/h5-6,8-9H,2-4H2,1H3/t8-,9-/m1/s1. The van der Waals surface area contributed by atoms with Gasteiger partial charge in [0.05, 0.1) is 0 Å². The Balaban J connectivity index is 2.03. The zero-order valence-corrected chi connectivity index (χ0v) is 7.68. The van der Waals surface area contributed by atoms with Crippen LogP contribution in [0.15, 0.2) is 12.7 Å². The second-order valence-electron chi connectivity index (χ2n) is 3.68. The molecule has 4 heteroatoms. The summed E-state index contributed by atoms with van der Waals surface area (Å²) in [5.41, 5.74) is 0. The van der Waals surface area contributed by atoms with E-state index in [1.165, 1.54) is 0 Å². The van der Waals surface area contributed by atoms with E-state index in [1.807, 2.05) is 4.57 Å². The molecule has 4 nitrogen and oxygen atoms in total. The Morgan fingerprint density at radius 2 is 2.08 bits per heavy atom. The molecule has 0 aromatic carbocycles. The molecule has 1 aliphatic rings. The van der Waals surface area contributed by atoms with Crippen molar-refractivity contribution in [2.45, 2.75) is 32.2 Å². The average molecular weight is 179 g/mol. The van der Waals surface area contributed by atoms with Crippen LogP contribution in [0, 0.1) is 5.92 Å². The lowest BCUT2D eigenvalue weighted by Gasteiger charge is -2.09. The molecule has 13 heavy (non-hydrogen) atoms. The van der Waals surface area contributed by atoms with Gasteiger partial charge in [-0.05, 0) is 26.2 Å². The molecule has 1 fully saturated rings. The molecule has 0 amide bonds. The topological polar surface area (TPSA) is 47.8 Å². The summed E-state index contributed by atoms with van der Waals surface area (Å²) >= 11 is 0. The summed E-state index contributed by atoms with van der Waals surface area (Å²) < 4.78 is 2.00. The Bertz CT molecular complexity index is 294. The van der Waals surface area contributed by atoms with E-state index in [4.69, 9.17) is 0 Å². The van der Waals surface area contributed by atoms with Crippen molar-refractivity contribution in [3.8, 4) is 0 Å². The maximum Gasteiger partial charge on any atom is 0.132 e. The largest absolute Gasteiger partial charge is 0.317 e. The van der Waals surface area contributed by atoms with Crippen LogP contribution in [0.3, 0.4) is 0 Å². The maximum absolute atomic E-state index is 11.1. The van der Waals surface area contributed by atoms with Gasteiger partial charge >= 0.3 is 0 Å². The van der Waals surface area contributed by atoms with Gasteiger partial charge in [0.25, 0.3) is 0 Å². The van der Waals surface area contributed by atoms with Crippen molar-refractivity contribution in [3.05, 3.63) is 12.7 Å². The molecule has 0 radical (unpaired) electrons. The first kappa shape index (κ1) is 8.41. The number of carbonyl (C=O) groups is 1. The first-order valence-electron chi connectivity index (χ1n) is 4.62. The second-order valence-corrected chi connectivity index (χ2v) is 3.68. The van der Waals surface area contributed by atoms with E-state index >= 15 is 0 Å². The zero-order chi connectivity index (χ0) is 9.26. The molecule has 2 atom stereocenters. The molecule has 1 heterocycles. The van der Waals surface area contributed by atoms with Gasteiger partial charge < -0.3 is 4.57 Å². The number of rotatable bonds is 2. The smallest absolute Gasteiger partial charge is 0.132 e. The van der Waals surface area contributed by atoms with E-state index in [9.17, 15) is 4.79 Å². The first-order valence-corrected chi connectivity index (χ1v) is 4.62. The minimum Gasteiger partial charge on any atom is -0.317 e. The Morgan fingerprint density at radius 3 is 2.62 bits per heavy atom. The number of nitrogens with zero attached hydrogens (tertiary/aromatic N) is 3. The van der Waals surface area contributed by atoms with Crippen molar-refractivity contribution in [1.29, 1.82) is 0 Å². The zero-order valence-electron chi connectivity index (χ0n) is 7.68. The fourth-order valence-electron chi connectivity index (χ4n) is 1.99. The quantitative estimate of drug-likeness (QED) is 0.685. The van der Waals surface area contributed by atoms with Gasteiger partial charge in [-0.1, -0.05) is 0 Å². The Labute approximate surface area is 77.0 Å². The molecule has 0 saturated heterocycles. The van der Waals surface area contributed by atoms with Gasteiger partial charge in [0.1, 0.15) is 18.4 Å². The molecule has 2 rings (SSSR count). The Morgan fingerprint density at radius 1 is 1.38 bits per heavy atom. The van der Waals surface area contributed by atoms with Gasteiger partial charge in [-0.2, -0.15) is 0 Å². The van der Waals surface area contributed by atoms with Crippen LogP contribution in [0.1, 0.15) is 32.2 Å². The molecular formula is C9H13N3O. The summed E-state index contributed by atoms with van der Waals surface area (Å²) in [6, 6.07) is 0.434. The summed E-state index contributed by atoms with van der Waals surface area (Å²) in [6.07, 6.45) is 6.49. The monoisotopic (exact) mass is 179 g/mol. The highest BCUT2D eigenvalue weighted by Gasteiger charge is 2.28. The number of Topliss-reactive ketones (excluding diaryl/α,β-unsaturated/α-hetero) is 1. The summed E-state index contributed by atoms with van der Waals surface area (Å²) in [5, 5.41) is 7.53. The second kappa shape index (κ2) is 3.28. The molecule has 1 aromatic rings. The van der Waals surface area contributed by atoms with Crippen LogP contribution in [0.2, 0.25) is 0 Å². The molecule has 0 aliphatic heterocycles. The number of hydrogen-bond acceptors (Lipinski definition) is 3. The van der Waals surface area contributed by atoms with Gasteiger partial charge in [-0.25, -0.2) is 0 Å². The molecule has 0 bridgehead atoms. The third-order valence-corrected chi connectivity index (χ3v) is 2.84. The predicted octanol–water partition coefficient (Wildman–Crippen LogP) is 1.21. The van der Waals surface area contributed by atoms with Crippen molar-refractivity contribution in [3.63, 3.8) is 0 Å². The number of carbonyl (C=O) groups excluding carboxylic acids is 1. The first-order chi connectivity index (χ1) is 6.27. The van der Waals surface area contributed by atoms with E-state index in [1.54, 1.807) is 19.6 Å². The predicted molar refractivity (Wildman–Crippen MR) is 47.1 cm³/mol. The summed E-state index contributed by atoms with van der Waals surface area (Å²) in [4.78, 5) is 11.1. The summed E-state index contributed by atoms with van der Waals surface area (Å²) in [6.45, 7) is 1.68. The molecule has 0 N–H and O–H groups in total. The van der Waals surface area contributed by atoms with Crippen molar-refractivity contribution in [1.82, 2.24) is 14.8 Å². The fraction of sp³-hybridized carbons (Fsp3) is 0.667. The Kier molecular flexibility index (Phi) is 2.12. The van der Waals surface area contributed by atoms with Crippen molar-refractivity contribution in [2.75, 3.05) is 0 Å². The van der Waals surface area contributed by atoms with E-state index < -0.39 is 0 Å². The van der Waals surface area contributed by atoms with Crippen LogP contribution < -0.4 is 0 Å². The van der Waals surface area contributed by atoms with Gasteiger partial charge in [0, 0.05) is 12.0 Å². The number of ketones is 1. The number of hydrogen-bond donors (Lipinski definition) is 0. The number of aromatic nitrogens is 3. The third-order valence-electron chi connectivity index (χ3n) is 2.84. The minimum atomic E-state index is 0.257. The lowest BCUT2D eigenvalue weighted by atomic mass is 10.0. The molecule has 1 aliphatic carbocycles. The fourth-order valence-corrected chi connectivity index (χ4v) is 1.99. The van der Waals surface area contributed by atoms with Gasteiger partial charge in [-0.3, -0.25) is 4.79 Å². The normalized spacial score (nSPS) is 27.8. The van der Waals surface area contributed by atoms with Crippen LogP contribution in [0.25, 0.3) is 0 Å². The highest BCUT2D eigenvalue weighted by Crippen LogP contribution is 2.34. The van der Waals surface area contributed by atoms with Crippen LogP contribution in [-0.4, -0.2) is 20.5 Å². The van der Waals surface area contributed by atoms with Crippen molar-refractivity contribution < 1.29 is 4.79 Å². The van der Waals surface area contributed by atoms with E-state index in [0.29, 0.717) is 11.8 Å². The highest BCUT2D eigenvalue weighted by molar-refractivity contribution is 5.78. The van der Waals surface area contributed by atoms with Crippen molar-refractivity contribution in [2.24, 2.45) is 5.92 Å². The molecular weight excluding hydrogens is 166 g/mol.